The van der Waals surface area contributed by atoms with E-state index in [0.29, 0.717) is 31.0 Å². The van der Waals surface area contributed by atoms with Crippen LogP contribution in [0.15, 0.2) is 42.6 Å². The van der Waals surface area contributed by atoms with Crippen LogP contribution in [-0.4, -0.2) is 36.4 Å². The summed E-state index contributed by atoms with van der Waals surface area (Å²) in [5.41, 5.74) is -0.229. The van der Waals surface area contributed by atoms with Crippen molar-refractivity contribution in [2.75, 3.05) is 29.9 Å². The molecule has 2 amide bonds. The lowest BCUT2D eigenvalue weighted by Crippen LogP contribution is -2.42. The van der Waals surface area contributed by atoms with E-state index in [1.165, 1.54) is 0 Å². The fraction of sp³-hybridized carbons (Fsp3) is 0.333. The van der Waals surface area contributed by atoms with Crippen LogP contribution in [0.2, 0.25) is 0 Å². The molecule has 0 radical (unpaired) electrons. The highest BCUT2D eigenvalue weighted by Crippen LogP contribution is 2.29. The van der Waals surface area contributed by atoms with Crippen LogP contribution in [0, 0.1) is 17.2 Å². The molecule has 162 valence electrons. The van der Waals surface area contributed by atoms with Gasteiger partial charge in [-0.1, -0.05) is 0 Å². The standard InChI is InChI=1S/C21H20F3N5O2/c22-21(23,24)16-3-5-17(6-4-16)28-20(31)19(30)27-13-14-7-10-29(11-8-14)18-15(12-25)2-1-9-26-18/h1-6,9,14H,7-8,10-11,13H2,(H,27,30)(H,28,31). The highest BCUT2D eigenvalue weighted by molar-refractivity contribution is 6.39. The van der Waals surface area contributed by atoms with Crippen molar-refractivity contribution >= 4 is 23.3 Å². The molecule has 1 aliphatic heterocycles. The number of amides is 2. The lowest BCUT2D eigenvalue weighted by molar-refractivity contribution is -0.137. The van der Waals surface area contributed by atoms with Crippen molar-refractivity contribution in [1.82, 2.24) is 10.3 Å². The van der Waals surface area contributed by atoms with Gasteiger partial charge in [0.05, 0.1) is 11.1 Å². The number of piperidine rings is 1. The molecule has 1 aromatic heterocycles. The predicted octanol–water partition coefficient (Wildman–Crippen LogP) is 2.94. The Morgan fingerprint density at radius 2 is 1.81 bits per heavy atom. The summed E-state index contributed by atoms with van der Waals surface area (Å²) in [7, 11) is 0. The highest BCUT2D eigenvalue weighted by atomic mass is 19.4. The number of hydrogen-bond donors (Lipinski definition) is 2. The van der Waals surface area contributed by atoms with Gasteiger partial charge in [0.15, 0.2) is 0 Å². The van der Waals surface area contributed by atoms with Gasteiger partial charge in [-0.3, -0.25) is 9.59 Å². The molecule has 31 heavy (non-hydrogen) atoms. The summed E-state index contributed by atoms with van der Waals surface area (Å²) in [5, 5.41) is 14.1. The fourth-order valence-corrected chi connectivity index (χ4v) is 3.33. The molecular formula is C21H20F3N5O2. The molecule has 2 aromatic rings. The van der Waals surface area contributed by atoms with Crippen molar-refractivity contribution in [1.29, 1.82) is 5.26 Å². The van der Waals surface area contributed by atoms with Crippen molar-refractivity contribution in [2.45, 2.75) is 19.0 Å². The van der Waals surface area contributed by atoms with E-state index >= 15 is 0 Å². The molecule has 1 aromatic carbocycles. The molecule has 1 saturated heterocycles. The first-order valence-electron chi connectivity index (χ1n) is 9.64. The van der Waals surface area contributed by atoms with Crippen LogP contribution in [0.25, 0.3) is 0 Å². The number of nitrogens with zero attached hydrogens (tertiary/aromatic N) is 3. The molecule has 10 heteroatoms. The Labute approximate surface area is 176 Å². The van der Waals surface area contributed by atoms with Gasteiger partial charge in [0.25, 0.3) is 0 Å². The van der Waals surface area contributed by atoms with E-state index in [0.717, 1.165) is 37.1 Å². The van der Waals surface area contributed by atoms with E-state index < -0.39 is 23.6 Å². The molecule has 0 saturated carbocycles. The minimum atomic E-state index is -4.47. The van der Waals surface area contributed by atoms with Gasteiger partial charge in [-0.15, -0.1) is 0 Å². The summed E-state index contributed by atoms with van der Waals surface area (Å²) >= 11 is 0. The quantitative estimate of drug-likeness (QED) is 0.726. The average Bonchev–Trinajstić information content (AvgIpc) is 2.77. The Hall–Kier alpha value is -3.61. The van der Waals surface area contributed by atoms with Gasteiger partial charge in [0, 0.05) is 31.5 Å². The Kier molecular flexibility index (Phi) is 6.74. The number of nitrogens with one attached hydrogen (secondary N) is 2. The number of anilines is 2. The van der Waals surface area contributed by atoms with Crippen LogP contribution >= 0.6 is 0 Å². The monoisotopic (exact) mass is 431 g/mol. The Morgan fingerprint density at radius 3 is 2.42 bits per heavy atom. The zero-order chi connectivity index (χ0) is 22.4. The molecular weight excluding hydrogens is 411 g/mol. The lowest BCUT2D eigenvalue weighted by Gasteiger charge is -2.33. The summed E-state index contributed by atoms with van der Waals surface area (Å²) in [6, 6.07) is 9.40. The zero-order valence-electron chi connectivity index (χ0n) is 16.4. The van der Waals surface area contributed by atoms with Gasteiger partial charge in [0.2, 0.25) is 0 Å². The summed E-state index contributed by atoms with van der Waals surface area (Å²) in [4.78, 5) is 30.3. The highest BCUT2D eigenvalue weighted by Gasteiger charge is 2.30. The summed E-state index contributed by atoms with van der Waals surface area (Å²) < 4.78 is 37.7. The smallest absolute Gasteiger partial charge is 0.356 e. The normalized spacial score (nSPS) is 14.6. The van der Waals surface area contributed by atoms with Crippen molar-refractivity contribution in [3.8, 4) is 6.07 Å². The van der Waals surface area contributed by atoms with E-state index in [-0.39, 0.29) is 11.6 Å². The predicted molar refractivity (Wildman–Crippen MR) is 107 cm³/mol. The fourth-order valence-electron chi connectivity index (χ4n) is 3.33. The zero-order valence-corrected chi connectivity index (χ0v) is 16.4. The molecule has 1 aliphatic rings. The number of hydrogen-bond acceptors (Lipinski definition) is 5. The molecule has 1 fully saturated rings. The second kappa shape index (κ2) is 9.47. The third kappa shape index (κ3) is 5.72. The van der Waals surface area contributed by atoms with Crippen LogP contribution in [0.4, 0.5) is 24.7 Å². The minimum absolute atomic E-state index is 0.102. The van der Waals surface area contributed by atoms with E-state index in [2.05, 4.69) is 21.7 Å². The first-order chi connectivity index (χ1) is 14.8. The minimum Gasteiger partial charge on any atom is -0.356 e. The largest absolute Gasteiger partial charge is 0.416 e. The maximum atomic E-state index is 12.6. The van der Waals surface area contributed by atoms with Crippen LogP contribution in [0.5, 0.6) is 0 Å². The third-order valence-corrected chi connectivity index (χ3v) is 5.05. The summed E-state index contributed by atoms with van der Waals surface area (Å²) in [6.07, 6.45) is -1.33. The van der Waals surface area contributed by atoms with Crippen molar-refractivity contribution in [3.05, 3.63) is 53.7 Å². The van der Waals surface area contributed by atoms with Crippen LogP contribution in [0.1, 0.15) is 24.0 Å². The average molecular weight is 431 g/mol. The van der Waals surface area contributed by atoms with Gasteiger partial charge in [-0.25, -0.2) is 4.98 Å². The molecule has 2 N–H and O–H groups in total. The molecule has 0 atom stereocenters. The van der Waals surface area contributed by atoms with Gasteiger partial charge in [-0.05, 0) is 55.2 Å². The number of alkyl halides is 3. The Balaban J connectivity index is 1.45. The van der Waals surface area contributed by atoms with Gasteiger partial charge < -0.3 is 15.5 Å². The maximum absolute atomic E-state index is 12.6. The number of nitriles is 1. The molecule has 7 nitrogen and oxygen atoms in total. The lowest BCUT2D eigenvalue weighted by atomic mass is 9.96. The molecule has 0 spiro atoms. The van der Waals surface area contributed by atoms with Gasteiger partial charge >= 0.3 is 18.0 Å². The second-order valence-electron chi connectivity index (χ2n) is 7.16. The molecule has 0 aliphatic carbocycles. The van der Waals surface area contributed by atoms with E-state index in [1.54, 1.807) is 18.3 Å². The SMILES string of the molecule is N#Cc1cccnc1N1CCC(CNC(=O)C(=O)Nc2ccc(C(F)(F)F)cc2)CC1. The van der Waals surface area contributed by atoms with Gasteiger partial charge in [0.1, 0.15) is 11.9 Å². The van der Waals surface area contributed by atoms with Gasteiger partial charge in [-0.2, -0.15) is 18.4 Å². The van der Waals surface area contributed by atoms with E-state index in [1.807, 2.05) is 4.90 Å². The van der Waals surface area contributed by atoms with E-state index in [9.17, 15) is 28.0 Å². The Morgan fingerprint density at radius 1 is 1.13 bits per heavy atom. The van der Waals surface area contributed by atoms with Crippen molar-refractivity contribution < 1.29 is 22.8 Å². The number of benzene rings is 1. The number of carbonyl (C=O) groups is 2. The number of halogens is 3. The summed E-state index contributed by atoms with van der Waals surface area (Å²) in [5.74, 6) is -0.986. The van der Waals surface area contributed by atoms with Crippen LogP contribution < -0.4 is 15.5 Å². The first kappa shape index (κ1) is 22.1. The topological polar surface area (TPSA) is 98.1 Å². The third-order valence-electron chi connectivity index (χ3n) is 5.05. The van der Waals surface area contributed by atoms with Crippen molar-refractivity contribution in [3.63, 3.8) is 0 Å². The van der Waals surface area contributed by atoms with E-state index in [4.69, 9.17) is 0 Å². The molecule has 0 unspecified atom stereocenters. The maximum Gasteiger partial charge on any atom is 0.416 e. The summed E-state index contributed by atoms with van der Waals surface area (Å²) in [6.45, 7) is 1.65. The number of rotatable bonds is 4. The Bertz CT molecular complexity index is 978. The van der Waals surface area contributed by atoms with Crippen molar-refractivity contribution in [2.24, 2.45) is 5.92 Å². The molecule has 0 bridgehead atoms. The second-order valence-corrected chi connectivity index (χ2v) is 7.16. The number of pyridine rings is 1. The molecule has 3 rings (SSSR count). The molecule has 2 heterocycles. The van der Waals surface area contributed by atoms with Crippen LogP contribution in [-0.2, 0) is 15.8 Å². The first-order valence-corrected chi connectivity index (χ1v) is 9.64. The van der Waals surface area contributed by atoms with Crippen LogP contribution in [0.3, 0.4) is 0 Å². The number of aromatic nitrogens is 1. The number of carbonyl (C=O) groups excluding carboxylic acids is 2.